The van der Waals surface area contributed by atoms with E-state index < -0.39 is 5.97 Å². The zero-order chi connectivity index (χ0) is 18.5. The first kappa shape index (κ1) is 17.3. The fourth-order valence-electron chi connectivity index (χ4n) is 2.28. The lowest BCUT2D eigenvalue weighted by atomic mass is 10.2. The zero-order valence-corrected chi connectivity index (χ0v) is 14.0. The Bertz CT molecular complexity index is 914. The van der Waals surface area contributed by atoms with Gasteiger partial charge in [0.05, 0.1) is 29.2 Å². The van der Waals surface area contributed by atoms with Gasteiger partial charge in [0, 0.05) is 32.5 Å². The van der Waals surface area contributed by atoms with Gasteiger partial charge in [0.1, 0.15) is 5.69 Å². The second-order valence-corrected chi connectivity index (χ2v) is 5.62. The number of hydrogen-bond donors (Lipinski definition) is 2. The highest BCUT2D eigenvalue weighted by molar-refractivity contribution is 5.93. The first-order valence-corrected chi connectivity index (χ1v) is 7.89. The van der Waals surface area contributed by atoms with Gasteiger partial charge in [-0.25, -0.2) is 4.79 Å². The number of pyridine rings is 1. The van der Waals surface area contributed by atoms with Crippen LogP contribution in [0.5, 0.6) is 0 Å². The molecule has 3 aromatic rings. The third-order valence-electron chi connectivity index (χ3n) is 3.63. The molecule has 3 aromatic heterocycles. The average Bonchev–Trinajstić information content (AvgIpc) is 3.28. The Hall–Kier alpha value is -3.56. The number of carbonyl (C=O) groups is 2. The maximum absolute atomic E-state index is 11.9. The summed E-state index contributed by atoms with van der Waals surface area (Å²) in [6, 6.07) is 3.06. The molecule has 10 heteroatoms. The van der Waals surface area contributed by atoms with Gasteiger partial charge in [-0.2, -0.15) is 5.10 Å². The zero-order valence-electron chi connectivity index (χ0n) is 14.0. The van der Waals surface area contributed by atoms with E-state index in [1.165, 1.54) is 18.5 Å². The van der Waals surface area contributed by atoms with Crippen molar-refractivity contribution in [3.63, 3.8) is 0 Å². The Balaban J connectivity index is 1.49. The first-order valence-electron chi connectivity index (χ1n) is 7.89. The molecule has 10 nitrogen and oxygen atoms in total. The Morgan fingerprint density at radius 3 is 2.65 bits per heavy atom. The van der Waals surface area contributed by atoms with E-state index in [2.05, 4.69) is 25.7 Å². The third kappa shape index (κ3) is 4.09. The summed E-state index contributed by atoms with van der Waals surface area (Å²) in [5, 5.41) is 23.7. The summed E-state index contributed by atoms with van der Waals surface area (Å²) in [5.74, 6) is -1.19. The summed E-state index contributed by atoms with van der Waals surface area (Å²) in [6.45, 7) is 1.07. The monoisotopic (exact) mass is 355 g/mol. The van der Waals surface area contributed by atoms with E-state index in [4.69, 9.17) is 5.11 Å². The summed E-state index contributed by atoms with van der Waals surface area (Å²) in [7, 11) is 1.75. The number of nitrogens with zero attached hydrogens (tertiary/aromatic N) is 6. The molecule has 0 spiro atoms. The molecule has 2 N–H and O–H groups in total. The van der Waals surface area contributed by atoms with Crippen molar-refractivity contribution < 1.29 is 14.7 Å². The molecule has 0 bridgehead atoms. The Morgan fingerprint density at radius 2 is 2.00 bits per heavy atom. The van der Waals surface area contributed by atoms with E-state index in [1.807, 2.05) is 0 Å². The minimum atomic E-state index is -1.03. The molecule has 0 fully saturated rings. The summed E-state index contributed by atoms with van der Waals surface area (Å²) in [5.41, 5.74) is 1.74. The quantitative estimate of drug-likeness (QED) is 0.594. The van der Waals surface area contributed by atoms with Crippen LogP contribution in [0.1, 0.15) is 27.1 Å². The minimum absolute atomic E-state index is 0.116. The normalized spacial score (nSPS) is 10.7. The summed E-state index contributed by atoms with van der Waals surface area (Å²) >= 11 is 0. The van der Waals surface area contributed by atoms with Crippen molar-refractivity contribution in [2.45, 2.75) is 13.0 Å². The molecule has 0 atom stereocenters. The van der Waals surface area contributed by atoms with Crippen LogP contribution in [-0.2, 0) is 13.6 Å². The Kier molecular flexibility index (Phi) is 5.02. The molecule has 134 valence electrons. The number of nitrogens with one attached hydrogen (secondary N) is 1. The molecule has 0 saturated carbocycles. The van der Waals surface area contributed by atoms with E-state index in [-0.39, 0.29) is 11.5 Å². The Morgan fingerprint density at radius 1 is 1.15 bits per heavy atom. The molecule has 3 heterocycles. The van der Waals surface area contributed by atoms with Crippen LogP contribution in [-0.4, -0.2) is 53.3 Å². The van der Waals surface area contributed by atoms with Crippen LogP contribution in [0.15, 0.2) is 36.9 Å². The highest BCUT2D eigenvalue weighted by Gasteiger charge is 2.09. The number of amides is 1. The predicted octanol–water partition coefficient (Wildman–Crippen LogP) is 0.592. The average molecular weight is 355 g/mol. The second kappa shape index (κ2) is 7.55. The maximum atomic E-state index is 11.9. The van der Waals surface area contributed by atoms with Gasteiger partial charge in [-0.15, -0.1) is 5.10 Å². The molecule has 26 heavy (non-hydrogen) atoms. The number of carboxylic acids is 1. The SMILES string of the molecule is Cn1cc(C(=O)NCCCn2cc(-c3ccc(C(=O)O)cn3)nn2)cn1. The van der Waals surface area contributed by atoms with Crippen LogP contribution in [0, 0.1) is 0 Å². The van der Waals surface area contributed by atoms with Crippen molar-refractivity contribution in [2.75, 3.05) is 6.54 Å². The molecular formula is C16H17N7O3. The van der Waals surface area contributed by atoms with E-state index >= 15 is 0 Å². The number of aryl methyl sites for hydroxylation is 2. The van der Waals surface area contributed by atoms with Gasteiger partial charge in [-0.05, 0) is 18.6 Å². The van der Waals surface area contributed by atoms with Gasteiger partial charge in [0.15, 0.2) is 0 Å². The summed E-state index contributed by atoms with van der Waals surface area (Å²) in [6.07, 6.45) is 6.86. The van der Waals surface area contributed by atoms with Crippen molar-refractivity contribution in [1.29, 1.82) is 0 Å². The van der Waals surface area contributed by atoms with Crippen LogP contribution in [0.25, 0.3) is 11.4 Å². The van der Waals surface area contributed by atoms with E-state index in [1.54, 1.807) is 34.9 Å². The molecule has 3 rings (SSSR count). The van der Waals surface area contributed by atoms with Gasteiger partial charge in [-0.3, -0.25) is 19.1 Å². The van der Waals surface area contributed by atoms with Crippen molar-refractivity contribution in [3.05, 3.63) is 48.0 Å². The van der Waals surface area contributed by atoms with Crippen LogP contribution in [0.4, 0.5) is 0 Å². The number of carbonyl (C=O) groups excluding carboxylic acids is 1. The van der Waals surface area contributed by atoms with Gasteiger partial charge in [0.25, 0.3) is 5.91 Å². The van der Waals surface area contributed by atoms with Gasteiger partial charge >= 0.3 is 5.97 Å². The van der Waals surface area contributed by atoms with E-state index in [0.717, 1.165) is 0 Å². The van der Waals surface area contributed by atoms with E-state index in [9.17, 15) is 9.59 Å². The van der Waals surface area contributed by atoms with Crippen molar-refractivity contribution in [1.82, 2.24) is 35.1 Å². The molecule has 0 aliphatic carbocycles. The minimum Gasteiger partial charge on any atom is -0.478 e. The number of rotatable bonds is 7. The third-order valence-corrected chi connectivity index (χ3v) is 3.63. The fraction of sp³-hybridized carbons (Fsp3) is 0.250. The highest BCUT2D eigenvalue weighted by atomic mass is 16.4. The Labute approximate surface area is 148 Å². The largest absolute Gasteiger partial charge is 0.478 e. The van der Waals surface area contributed by atoms with Crippen molar-refractivity contribution >= 4 is 11.9 Å². The lowest BCUT2D eigenvalue weighted by Gasteiger charge is -2.03. The number of aromatic carboxylic acids is 1. The van der Waals surface area contributed by atoms with Crippen molar-refractivity contribution in [3.8, 4) is 11.4 Å². The predicted molar refractivity (Wildman–Crippen MR) is 90.4 cm³/mol. The topological polar surface area (TPSA) is 128 Å². The second-order valence-electron chi connectivity index (χ2n) is 5.62. The molecule has 1 amide bonds. The standard InChI is InChI=1S/C16H17N7O3/c1-22-9-12(8-19-22)15(24)17-5-2-6-23-10-14(20-21-23)13-4-3-11(7-18-13)16(25)26/h3-4,7-10H,2,5-6H2,1H3,(H,17,24)(H,25,26). The smallest absolute Gasteiger partial charge is 0.337 e. The number of carboxylic acid groups (broad SMARTS) is 1. The molecular weight excluding hydrogens is 338 g/mol. The van der Waals surface area contributed by atoms with Crippen LogP contribution >= 0.6 is 0 Å². The lowest BCUT2D eigenvalue weighted by Crippen LogP contribution is -2.25. The van der Waals surface area contributed by atoms with Crippen LogP contribution in [0.2, 0.25) is 0 Å². The van der Waals surface area contributed by atoms with Crippen LogP contribution < -0.4 is 5.32 Å². The fourth-order valence-corrected chi connectivity index (χ4v) is 2.28. The van der Waals surface area contributed by atoms with Gasteiger partial charge in [-0.1, -0.05) is 5.21 Å². The molecule has 0 aliphatic rings. The molecule has 0 aliphatic heterocycles. The number of hydrogen-bond acceptors (Lipinski definition) is 6. The first-order chi connectivity index (χ1) is 12.5. The summed E-state index contributed by atoms with van der Waals surface area (Å²) < 4.78 is 3.22. The highest BCUT2D eigenvalue weighted by Crippen LogP contribution is 2.13. The van der Waals surface area contributed by atoms with Gasteiger partial charge in [0.2, 0.25) is 0 Å². The van der Waals surface area contributed by atoms with Crippen molar-refractivity contribution in [2.24, 2.45) is 7.05 Å². The number of aromatic nitrogens is 6. The summed E-state index contributed by atoms with van der Waals surface area (Å²) in [4.78, 5) is 26.8. The molecule has 0 saturated heterocycles. The molecule has 0 aromatic carbocycles. The van der Waals surface area contributed by atoms with Crippen LogP contribution in [0.3, 0.4) is 0 Å². The molecule has 0 unspecified atom stereocenters. The lowest BCUT2D eigenvalue weighted by molar-refractivity contribution is 0.0696. The van der Waals surface area contributed by atoms with Gasteiger partial charge < -0.3 is 10.4 Å². The molecule has 0 radical (unpaired) electrons. The van der Waals surface area contributed by atoms with E-state index in [0.29, 0.717) is 36.5 Å². The maximum Gasteiger partial charge on any atom is 0.337 e.